The van der Waals surface area contributed by atoms with Gasteiger partial charge in [0.05, 0.1) is 16.6 Å². The SMILES string of the molecule is O=C(Cn1ncc2ccc([N+](=O)[O-])cc21)NCCSc1ccccc1. The number of rotatable bonds is 7. The van der Waals surface area contributed by atoms with E-state index < -0.39 is 4.92 Å². The number of nitro groups is 1. The molecule has 0 unspecified atom stereocenters. The van der Waals surface area contributed by atoms with E-state index in [2.05, 4.69) is 10.4 Å². The average molecular weight is 356 g/mol. The molecule has 0 saturated carbocycles. The number of aromatic nitrogens is 2. The summed E-state index contributed by atoms with van der Waals surface area (Å²) in [5, 5.41) is 18.6. The standard InChI is InChI=1S/C17H16N4O3S/c22-17(18-8-9-25-15-4-2-1-3-5-15)12-20-16-10-14(21(23)24)7-6-13(16)11-19-20/h1-7,10-11H,8-9,12H2,(H,18,22). The molecule has 3 aromatic rings. The van der Waals surface area contributed by atoms with E-state index in [9.17, 15) is 14.9 Å². The molecule has 1 heterocycles. The highest BCUT2D eigenvalue weighted by Crippen LogP contribution is 2.20. The largest absolute Gasteiger partial charge is 0.354 e. The van der Waals surface area contributed by atoms with Gasteiger partial charge in [-0.15, -0.1) is 11.8 Å². The van der Waals surface area contributed by atoms with E-state index in [0.717, 1.165) is 16.0 Å². The lowest BCUT2D eigenvalue weighted by Crippen LogP contribution is -2.29. The summed E-state index contributed by atoms with van der Waals surface area (Å²) in [6, 6.07) is 14.4. The smallest absolute Gasteiger partial charge is 0.271 e. The fraction of sp³-hybridized carbons (Fsp3) is 0.176. The molecule has 2 aromatic carbocycles. The maximum Gasteiger partial charge on any atom is 0.271 e. The third-order valence-corrected chi connectivity index (χ3v) is 4.58. The molecular formula is C17H16N4O3S. The van der Waals surface area contributed by atoms with Gasteiger partial charge in [-0.2, -0.15) is 5.10 Å². The fourth-order valence-corrected chi connectivity index (χ4v) is 3.16. The van der Waals surface area contributed by atoms with Gasteiger partial charge < -0.3 is 5.32 Å². The van der Waals surface area contributed by atoms with Gasteiger partial charge in [0.15, 0.2) is 0 Å². The number of hydrogen-bond acceptors (Lipinski definition) is 5. The number of thioether (sulfide) groups is 1. The number of carbonyl (C=O) groups is 1. The van der Waals surface area contributed by atoms with Crippen LogP contribution in [0.4, 0.5) is 5.69 Å². The molecule has 0 atom stereocenters. The molecule has 3 rings (SSSR count). The summed E-state index contributed by atoms with van der Waals surface area (Å²) < 4.78 is 1.47. The van der Waals surface area contributed by atoms with Crippen LogP contribution in [0.1, 0.15) is 0 Å². The van der Waals surface area contributed by atoms with Crippen molar-refractivity contribution in [3.8, 4) is 0 Å². The lowest BCUT2D eigenvalue weighted by Gasteiger charge is -2.06. The Hall–Kier alpha value is -2.87. The van der Waals surface area contributed by atoms with Gasteiger partial charge in [0.25, 0.3) is 5.69 Å². The molecule has 1 amide bonds. The Kier molecular flexibility index (Phi) is 5.30. The topological polar surface area (TPSA) is 90.1 Å². The summed E-state index contributed by atoms with van der Waals surface area (Å²) in [7, 11) is 0. The molecule has 0 saturated heterocycles. The van der Waals surface area contributed by atoms with E-state index in [0.29, 0.717) is 12.1 Å². The Labute approximate surface area is 148 Å². The number of nitro benzene ring substituents is 1. The van der Waals surface area contributed by atoms with Gasteiger partial charge >= 0.3 is 0 Å². The van der Waals surface area contributed by atoms with Crippen LogP contribution in [0.2, 0.25) is 0 Å². The van der Waals surface area contributed by atoms with Crippen LogP contribution in [0.5, 0.6) is 0 Å². The number of carbonyl (C=O) groups excluding carboxylic acids is 1. The van der Waals surface area contributed by atoms with Crippen molar-refractivity contribution in [1.82, 2.24) is 15.1 Å². The minimum Gasteiger partial charge on any atom is -0.354 e. The second-order valence-electron chi connectivity index (χ2n) is 5.31. The molecule has 0 spiro atoms. The number of amides is 1. The highest BCUT2D eigenvalue weighted by Gasteiger charge is 2.12. The summed E-state index contributed by atoms with van der Waals surface area (Å²) in [5.41, 5.74) is 0.553. The predicted molar refractivity (Wildman–Crippen MR) is 96.6 cm³/mol. The highest BCUT2D eigenvalue weighted by molar-refractivity contribution is 7.99. The van der Waals surface area contributed by atoms with Gasteiger partial charge in [-0.3, -0.25) is 19.6 Å². The van der Waals surface area contributed by atoms with Crippen LogP contribution in [0.15, 0.2) is 59.6 Å². The first-order valence-electron chi connectivity index (χ1n) is 7.68. The molecule has 0 radical (unpaired) electrons. The van der Waals surface area contributed by atoms with Crippen molar-refractivity contribution in [2.24, 2.45) is 0 Å². The summed E-state index contributed by atoms with van der Waals surface area (Å²) >= 11 is 1.67. The van der Waals surface area contributed by atoms with E-state index in [1.54, 1.807) is 24.0 Å². The number of hydrogen-bond donors (Lipinski definition) is 1. The van der Waals surface area contributed by atoms with Gasteiger partial charge in [-0.25, -0.2) is 0 Å². The maximum absolute atomic E-state index is 12.1. The van der Waals surface area contributed by atoms with Crippen molar-refractivity contribution < 1.29 is 9.72 Å². The second kappa shape index (κ2) is 7.80. The maximum atomic E-state index is 12.1. The van der Waals surface area contributed by atoms with Crippen molar-refractivity contribution in [2.45, 2.75) is 11.4 Å². The van der Waals surface area contributed by atoms with Crippen molar-refractivity contribution in [1.29, 1.82) is 0 Å². The molecule has 1 aromatic heterocycles. The summed E-state index contributed by atoms with van der Waals surface area (Å²) in [5.74, 6) is 0.589. The zero-order valence-electron chi connectivity index (χ0n) is 13.3. The molecule has 128 valence electrons. The predicted octanol–water partition coefficient (Wildman–Crippen LogP) is 2.85. The molecule has 0 aliphatic carbocycles. The minimum absolute atomic E-state index is 0.0195. The first kappa shape index (κ1) is 17.0. The molecule has 7 nitrogen and oxygen atoms in total. The van der Waals surface area contributed by atoms with Crippen molar-refractivity contribution in [3.63, 3.8) is 0 Å². The normalized spacial score (nSPS) is 10.7. The lowest BCUT2D eigenvalue weighted by molar-refractivity contribution is -0.384. The van der Waals surface area contributed by atoms with Crippen LogP contribution in [0.3, 0.4) is 0 Å². The first-order chi connectivity index (χ1) is 12.1. The van der Waals surface area contributed by atoms with Gasteiger partial charge in [0, 0.05) is 34.7 Å². The van der Waals surface area contributed by atoms with Gasteiger partial charge in [-0.1, -0.05) is 18.2 Å². The third kappa shape index (κ3) is 4.36. The number of fused-ring (bicyclic) bond motifs is 1. The van der Waals surface area contributed by atoms with Gasteiger partial charge in [0.2, 0.25) is 5.91 Å². The van der Waals surface area contributed by atoms with Crippen LogP contribution in [-0.2, 0) is 11.3 Å². The molecule has 0 aliphatic heterocycles. The summed E-state index contributed by atoms with van der Waals surface area (Å²) in [4.78, 5) is 23.6. The number of nitrogens with zero attached hydrogens (tertiary/aromatic N) is 3. The van der Waals surface area contributed by atoms with E-state index in [1.807, 2.05) is 30.3 Å². The Bertz CT molecular complexity index is 895. The first-order valence-corrected chi connectivity index (χ1v) is 8.66. The molecule has 0 bridgehead atoms. The molecule has 1 N–H and O–H groups in total. The fourth-order valence-electron chi connectivity index (χ4n) is 2.37. The highest BCUT2D eigenvalue weighted by atomic mass is 32.2. The monoisotopic (exact) mass is 356 g/mol. The Morgan fingerprint density at radius 1 is 1.24 bits per heavy atom. The molecule has 0 fully saturated rings. The van der Waals surface area contributed by atoms with Crippen LogP contribution >= 0.6 is 11.8 Å². The van der Waals surface area contributed by atoms with Gasteiger partial charge in [0.1, 0.15) is 6.54 Å². The van der Waals surface area contributed by atoms with Crippen LogP contribution in [-0.4, -0.2) is 32.9 Å². The van der Waals surface area contributed by atoms with Crippen molar-refractivity contribution in [3.05, 3.63) is 64.8 Å². The molecule has 25 heavy (non-hydrogen) atoms. The minimum atomic E-state index is -0.461. The van der Waals surface area contributed by atoms with Gasteiger partial charge in [-0.05, 0) is 18.2 Å². The summed E-state index contributed by atoms with van der Waals surface area (Å²) in [6.07, 6.45) is 1.59. The van der Waals surface area contributed by atoms with Crippen molar-refractivity contribution in [2.75, 3.05) is 12.3 Å². The molecule has 8 heteroatoms. The number of nitrogens with one attached hydrogen (secondary N) is 1. The van der Waals surface area contributed by atoms with E-state index in [4.69, 9.17) is 0 Å². The lowest BCUT2D eigenvalue weighted by atomic mass is 10.2. The quantitative estimate of drug-likeness (QED) is 0.304. The van der Waals surface area contributed by atoms with E-state index >= 15 is 0 Å². The average Bonchev–Trinajstić information content (AvgIpc) is 3.02. The number of non-ortho nitro benzene ring substituents is 1. The Morgan fingerprint density at radius 3 is 2.80 bits per heavy atom. The zero-order valence-corrected chi connectivity index (χ0v) is 14.1. The zero-order chi connectivity index (χ0) is 17.6. The molecule has 0 aliphatic rings. The van der Waals surface area contributed by atoms with Crippen LogP contribution in [0.25, 0.3) is 10.9 Å². The summed E-state index contributed by atoms with van der Waals surface area (Å²) in [6.45, 7) is 0.568. The van der Waals surface area contributed by atoms with Crippen LogP contribution in [0, 0.1) is 10.1 Å². The van der Waals surface area contributed by atoms with Crippen LogP contribution < -0.4 is 5.32 Å². The second-order valence-corrected chi connectivity index (χ2v) is 6.48. The van der Waals surface area contributed by atoms with E-state index in [1.165, 1.54) is 16.8 Å². The third-order valence-electron chi connectivity index (χ3n) is 3.57. The Morgan fingerprint density at radius 2 is 2.04 bits per heavy atom. The number of benzene rings is 2. The molecular weight excluding hydrogens is 340 g/mol. The Balaban J connectivity index is 1.55. The van der Waals surface area contributed by atoms with E-state index in [-0.39, 0.29) is 18.1 Å². The van der Waals surface area contributed by atoms with Crippen molar-refractivity contribution >= 4 is 34.3 Å².